The zero-order valence-electron chi connectivity index (χ0n) is 14.2. The Kier molecular flexibility index (Phi) is 4.84. The van der Waals surface area contributed by atoms with Crippen LogP contribution in [0, 0.1) is 0 Å². The Hall–Kier alpha value is -3.08. The predicted octanol–water partition coefficient (Wildman–Crippen LogP) is 3.88. The van der Waals surface area contributed by atoms with Crippen molar-refractivity contribution in [3.8, 4) is 0 Å². The Morgan fingerprint density at radius 1 is 1.12 bits per heavy atom. The molecule has 1 atom stereocenters. The number of esters is 1. The molecule has 0 fully saturated rings. The number of ether oxygens (including phenoxy) is 1. The fourth-order valence-electron chi connectivity index (χ4n) is 2.98. The quantitative estimate of drug-likeness (QED) is 0.694. The molecule has 0 amide bonds. The smallest absolute Gasteiger partial charge is 0.344 e. The number of carbonyl (C=O) groups is 1. The van der Waals surface area contributed by atoms with E-state index in [9.17, 15) is 9.59 Å². The molecule has 3 aromatic rings. The standard InChI is InChI=1S/C20H20N2O3/c1-3-25-20(24)18-17(13(2)21-14-9-5-4-6-10-14)15-11-7-8-12-16(15)22-19(18)23/h4-13,21H,3H2,1-2H3,(H,22,23). The van der Waals surface area contributed by atoms with Gasteiger partial charge in [0.25, 0.3) is 5.56 Å². The van der Waals surface area contributed by atoms with Gasteiger partial charge in [-0.3, -0.25) is 4.79 Å². The summed E-state index contributed by atoms with van der Waals surface area (Å²) >= 11 is 0. The minimum Gasteiger partial charge on any atom is -0.462 e. The van der Waals surface area contributed by atoms with Crippen molar-refractivity contribution in [2.45, 2.75) is 19.9 Å². The van der Waals surface area contributed by atoms with Gasteiger partial charge in [0.2, 0.25) is 0 Å². The van der Waals surface area contributed by atoms with E-state index in [1.807, 2.05) is 61.5 Å². The lowest BCUT2D eigenvalue weighted by molar-refractivity contribution is 0.0523. The Morgan fingerprint density at radius 2 is 1.80 bits per heavy atom. The summed E-state index contributed by atoms with van der Waals surface area (Å²) in [6.07, 6.45) is 0. The van der Waals surface area contributed by atoms with Crippen molar-refractivity contribution in [2.75, 3.05) is 11.9 Å². The monoisotopic (exact) mass is 336 g/mol. The van der Waals surface area contributed by atoms with Crippen molar-refractivity contribution in [3.63, 3.8) is 0 Å². The van der Waals surface area contributed by atoms with Crippen LogP contribution < -0.4 is 10.9 Å². The van der Waals surface area contributed by atoms with Crippen molar-refractivity contribution >= 4 is 22.6 Å². The molecule has 0 saturated heterocycles. The maximum Gasteiger partial charge on any atom is 0.344 e. The van der Waals surface area contributed by atoms with Gasteiger partial charge in [0.1, 0.15) is 5.56 Å². The fraction of sp³-hybridized carbons (Fsp3) is 0.200. The van der Waals surface area contributed by atoms with Crippen LogP contribution in [0.1, 0.15) is 35.8 Å². The summed E-state index contributed by atoms with van der Waals surface area (Å²) in [7, 11) is 0. The molecule has 2 aromatic carbocycles. The number of hydrogen-bond donors (Lipinski definition) is 2. The van der Waals surface area contributed by atoms with E-state index in [2.05, 4.69) is 10.3 Å². The number of anilines is 1. The van der Waals surface area contributed by atoms with Crippen LogP contribution in [-0.2, 0) is 4.74 Å². The first-order valence-corrected chi connectivity index (χ1v) is 8.25. The van der Waals surface area contributed by atoms with Gasteiger partial charge in [-0.05, 0) is 32.0 Å². The van der Waals surface area contributed by atoms with Gasteiger partial charge in [0, 0.05) is 22.2 Å². The number of fused-ring (bicyclic) bond motifs is 1. The molecular formula is C20H20N2O3. The van der Waals surface area contributed by atoms with Crippen LogP contribution in [0.15, 0.2) is 59.4 Å². The van der Waals surface area contributed by atoms with Gasteiger partial charge < -0.3 is 15.0 Å². The van der Waals surface area contributed by atoms with E-state index >= 15 is 0 Å². The summed E-state index contributed by atoms with van der Waals surface area (Å²) in [5.41, 5.74) is 1.86. The maximum atomic E-state index is 12.5. The molecule has 1 heterocycles. The molecule has 25 heavy (non-hydrogen) atoms. The lowest BCUT2D eigenvalue weighted by Crippen LogP contribution is -2.25. The van der Waals surface area contributed by atoms with E-state index in [1.54, 1.807) is 6.92 Å². The van der Waals surface area contributed by atoms with Crippen molar-refractivity contribution in [1.29, 1.82) is 0 Å². The summed E-state index contributed by atoms with van der Waals surface area (Å²) in [4.78, 5) is 27.7. The molecule has 5 nitrogen and oxygen atoms in total. The van der Waals surface area contributed by atoms with Gasteiger partial charge >= 0.3 is 5.97 Å². The number of hydrogen-bond acceptors (Lipinski definition) is 4. The third-order valence-electron chi connectivity index (χ3n) is 4.03. The molecule has 0 radical (unpaired) electrons. The number of aromatic amines is 1. The first kappa shape index (κ1) is 16.8. The summed E-state index contributed by atoms with van der Waals surface area (Å²) in [6.45, 7) is 3.86. The van der Waals surface area contributed by atoms with Crippen molar-refractivity contribution in [1.82, 2.24) is 4.98 Å². The van der Waals surface area contributed by atoms with Crippen molar-refractivity contribution in [3.05, 3.63) is 76.1 Å². The molecule has 5 heteroatoms. The van der Waals surface area contributed by atoms with Crippen LogP contribution in [0.2, 0.25) is 0 Å². The molecule has 0 aliphatic heterocycles. The molecule has 0 bridgehead atoms. The zero-order valence-corrected chi connectivity index (χ0v) is 14.2. The van der Waals surface area contributed by atoms with Crippen molar-refractivity contribution < 1.29 is 9.53 Å². The predicted molar refractivity (Wildman–Crippen MR) is 99.0 cm³/mol. The second kappa shape index (κ2) is 7.21. The lowest BCUT2D eigenvalue weighted by Gasteiger charge is -2.20. The second-order valence-electron chi connectivity index (χ2n) is 5.74. The van der Waals surface area contributed by atoms with Gasteiger partial charge in [-0.25, -0.2) is 4.79 Å². The van der Waals surface area contributed by atoms with E-state index in [-0.39, 0.29) is 18.2 Å². The molecule has 0 saturated carbocycles. The van der Waals surface area contributed by atoms with Gasteiger partial charge in [0.15, 0.2) is 0 Å². The molecule has 3 rings (SSSR count). The van der Waals surface area contributed by atoms with Crippen LogP contribution in [0.25, 0.3) is 10.9 Å². The van der Waals surface area contributed by atoms with Gasteiger partial charge in [-0.15, -0.1) is 0 Å². The highest BCUT2D eigenvalue weighted by Gasteiger charge is 2.24. The van der Waals surface area contributed by atoms with Crippen LogP contribution in [0.5, 0.6) is 0 Å². The van der Waals surface area contributed by atoms with Crippen LogP contribution >= 0.6 is 0 Å². The van der Waals surface area contributed by atoms with Gasteiger partial charge in [-0.2, -0.15) is 0 Å². The fourth-order valence-corrected chi connectivity index (χ4v) is 2.98. The third-order valence-corrected chi connectivity index (χ3v) is 4.03. The minimum atomic E-state index is -0.605. The highest BCUT2D eigenvalue weighted by Crippen LogP contribution is 2.28. The number of nitrogens with one attached hydrogen (secondary N) is 2. The number of rotatable bonds is 5. The Balaban J connectivity index is 2.17. The van der Waals surface area contributed by atoms with E-state index in [0.717, 1.165) is 11.1 Å². The van der Waals surface area contributed by atoms with Gasteiger partial charge in [-0.1, -0.05) is 36.4 Å². The van der Waals surface area contributed by atoms with Gasteiger partial charge in [0.05, 0.1) is 12.6 Å². The average Bonchev–Trinajstić information content (AvgIpc) is 2.61. The lowest BCUT2D eigenvalue weighted by atomic mass is 9.97. The van der Waals surface area contributed by atoms with Crippen LogP contribution in [0.4, 0.5) is 5.69 Å². The van der Waals surface area contributed by atoms with Crippen LogP contribution in [0.3, 0.4) is 0 Å². The molecule has 1 unspecified atom stereocenters. The highest BCUT2D eigenvalue weighted by atomic mass is 16.5. The number of para-hydroxylation sites is 2. The van der Waals surface area contributed by atoms with Crippen LogP contribution in [-0.4, -0.2) is 17.6 Å². The molecule has 0 aliphatic rings. The Bertz CT molecular complexity index is 948. The SMILES string of the molecule is CCOC(=O)c1c(C(C)Nc2ccccc2)c2ccccc2[nH]c1=O. The van der Waals surface area contributed by atoms with E-state index in [0.29, 0.717) is 11.1 Å². The summed E-state index contributed by atoms with van der Waals surface area (Å²) in [5, 5.41) is 4.17. The van der Waals surface area contributed by atoms with E-state index in [4.69, 9.17) is 4.74 Å². The first-order valence-electron chi connectivity index (χ1n) is 8.25. The summed E-state index contributed by atoms with van der Waals surface area (Å²) < 4.78 is 5.11. The molecule has 0 aliphatic carbocycles. The molecular weight excluding hydrogens is 316 g/mol. The molecule has 1 aromatic heterocycles. The number of aromatic nitrogens is 1. The molecule has 2 N–H and O–H groups in total. The summed E-state index contributed by atoms with van der Waals surface area (Å²) in [6, 6.07) is 16.9. The van der Waals surface area contributed by atoms with E-state index in [1.165, 1.54) is 0 Å². The first-order chi connectivity index (χ1) is 12.1. The maximum absolute atomic E-state index is 12.5. The van der Waals surface area contributed by atoms with E-state index < -0.39 is 11.5 Å². The zero-order chi connectivity index (χ0) is 17.8. The number of H-pyrrole nitrogens is 1. The number of carbonyl (C=O) groups excluding carboxylic acids is 1. The highest BCUT2D eigenvalue weighted by molar-refractivity contribution is 5.97. The summed E-state index contributed by atoms with van der Waals surface area (Å²) in [5.74, 6) is -0.605. The number of benzene rings is 2. The largest absolute Gasteiger partial charge is 0.462 e. The number of pyridine rings is 1. The topological polar surface area (TPSA) is 71.2 Å². The normalized spacial score (nSPS) is 11.9. The minimum absolute atomic E-state index is 0.0523. The molecule has 0 spiro atoms. The molecule has 128 valence electrons. The average molecular weight is 336 g/mol. The third kappa shape index (κ3) is 3.40. The Labute approximate surface area is 145 Å². The second-order valence-corrected chi connectivity index (χ2v) is 5.74. The Morgan fingerprint density at radius 3 is 2.52 bits per heavy atom. The van der Waals surface area contributed by atoms with Crippen molar-refractivity contribution in [2.24, 2.45) is 0 Å².